The summed E-state index contributed by atoms with van der Waals surface area (Å²) in [6.45, 7) is 5.06. The predicted molar refractivity (Wildman–Crippen MR) is 103 cm³/mol. The second-order valence-corrected chi connectivity index (χ2v) is 4.88. The minimum absolute atomic E-state index is 0. The Morgan fingerprint density at radius 3 is 2.55 bits per heavy atom. The third-order valence-corrected chi connectivity index (χ3v) is 3.39. The van der Waals surface area contributed by atoms with Crippen LogP contribution in [-0.4, -0.2) is 39.8 Å². The number of nitrogens with one attached hydrogen (secondary N) is 2. The molecule has 22 heavy (non-hydrogen) atoms. The smallest absolute Gasteiger partial charge is 0.191 e. The molecule has 6 heteroatoms. The van der Waals surface area contributed by atoms with Gasteiger partial charge in [-0.2, -0.15) is 0 Å². The molecule has 0 spiro atoms. The molecule has 1 aromatic rings. The van der Waals surface area contributed by atoms with Gasteiger partial charge < -0.3 is 20.1 Å². The molecule has 0 saturated carbocycles. The van der Waals surface area contributed by atoms with E-state index in [1.165, 1.54) is 0 Å². The summed E-state index contributed by atoms with van der Waals surface area (Å²) in [4.78, 5) is 4.22. The van der Waals surface area contributed by atoms with Crippen LogP contribution in [0.3, 0.4) is 0 Å². The lowest BCUT2D eigenvalue weighted by molar-refractivity contribution is 0.398. The number of benzene rings is 1. The van der Waals surface area contributed by atoms with Crippen LogP contribution >= 0.6 is 24.0 Å². The molecule has 1 unspecified atom stereocenters. The maximum Gasteiger partial charge on any atom is 0.191 e. The van der Waals surface area contributed by atoms with E-state index in [2.05, 4.69) is 29.5 Å². The van der Waals surface area contributed by atoms with E-state index in [-0.39, 0.29) is 24.0 Å². The third-order valence-electron chi connectivity index (χ3n) is 3.39. The zero-order chi connectivity index (χ0) is 15.7. The molecule has 0 aliphatic heterocycles. The molecule has 0 saturated heterocycles. The van der Waals surface area contributed by atoms with Crippen molar-refractivity contribution in [3.63, 3.8) is 0 Å². The second kappa shape index (κ2) is 11.4. The largest absolute Gasteiger partial charge is 0.497 e. The molecule has 0 heterocycles. The topological polar surface area (TPSA) is 54.9 Å². The Labute approximate surface area is 150 Å². The molecule has 0 bridgehead atoms. The lowest BCUT2D eigenvalue weighted by Crippen LogP contribution is -2.42. The van der Waals surface area contributed by atoms with Crippen LogP contribution in [-0.2, 0) is 6.42 Å². The average Bonchev–Trinajstić information content (AvgIpc) is 2.53. The quantitative estimate of drug-likeness (QED) is 0.404. The minimum atomic E-state index is 0. The van der Waals surface area contributed by atoms with Gasteiger partial charge >= 0.3 is 0 Å². The Balaban J connectivity index is 0.00000441. The molecular weight excluding hydrogens is 393 g/mol. The summed E-state index contributed by atoms with van der Waals surface area (Å²) in [7, 11) is 5.13. The normalized spacial score (nSPS) is 12.1. The van der Waals surface area contributed by atoms with E-state index in [9.17, 15) is 0 Å². The fraction of sp³-hybridized carbons (Fsp3) is 0.562. The third kappa shape index (κ3) is 6.72. The molecule has 1 atom stereocenters. The number of halogens is 1. The fourth-order valence-corrected chi connectivity index (χ4v) is 1.92. The molecule has 5 nitrogen and oxygen atoms in total. The van der Waals surface area contributed by atoms with Crippen molar-refractivity contribution in [1.29, 1.82) is 0 Å². The first-order valence-electron chi connectivity index (χ1n) is 7.32. The maximum absolute atomic E-state index is 5.38. The second-order valence-electron chi connectivity index (χ2n) is 4.88. The van der Waals surface area contributed by atoms with E-state index in [4.69, 9.17) is 9.47 Å². The van der Waals surface area contributed by atoms with Crippen molar-refractivity contribution in [2.24, 2.45) is 4.99 Å². The van der Waals surface area contributed by atoms with E-state index in [1.807, 2.05) is 18.2 Å². The summed E-state index contributed by atoms with van der Waals surface area (Å²) in [5.41, 5.74) is 1.11. The van der Waals surface area contributed by atoms with Gasteiger partial charge in [-0.1, -0.05) is 6.92 Å². The van der Waals surface area contributed by atoms with E-state index in [0.717, 1.165) is 42.4 Å². The molecule has 0 aliphatic rings. The first kappa shape index (κ1) is 20.8. The van der Waals surface area contributed by atoms with Crippen LogP contribution < -0.4 is 20.1 Å². The number of guanidine groups is 1. The lowest BCUT2D eigenvalue weighted by Gasteiger charge is -2.17. The van der Waals surface area contributed by atoms with E-state index in [0.29, 0.717) is 6.04 Å². The standard InChI is InChI=1S/C16H27N3O2.HI/c1-6-12(2)19-16(17-3)18-10-9-13-11-14(20-4)7-8-15(13)21-5;/h7-8,11-12H,6,9-10H2,1-5H3,(H2,17,18,19);1H. The van der Waals surface area contributed by atoms with Crippen molar-refractivity contribution in [3.05, 3.63) is 23.8 Å². The van der Waals surface area contributed by atoms with Gasteiger partial charge in [-0.25, -0.2) is 0 Å². The Morgan fingerprint density at radius 2 is 2.00 bits per heavy atom. The number of ether oxygens (including phenoxy) is 2. The van der Waals surface area contributed by atoms with Gasteiger partial charge in [0.05, 0.1) is 14.2 Å². The molecule has 0 fully saturated rings. The first-order chi connectivity index (χ1) is 10.1. The van der Waals surface area contributed by atoms with Crippen LogP contribution in [0.1, 0.15) is 25.8 Å². The van der Waals surface area contributed by atoms with Crippen LogP contribution in [0.15, 0.2) is 23.2 Å². The maximum atomic E-state index is 5.38. The van der Waals surface area contributed by atoms with Crippen LogP contribution in [0.25, 0.3) is 0 Å². The van der Waals surface area contributed by atoms with Crippen LogP contribution in [0.2, 0.25) is 0 Å². The van der Waals surface area contributed by atoms with Gasteiger partial charge in [0.1, 0.15) is 11.5 Å². The van der Waals surface area contributed by atoms with Gasteiger partial charge in [-0.05, 0) is 43.5 Å². The highest BCUT2D eigenvalue weighted by Crippen LogP contribution is 2.24. The van der Waals surface area contributed by atoms with E-state index >= 15 is 0 Å². The average molecular weight is 421 g/mol. The molecule has 1 aromatic carbocycles. The zero-order valence-electron chi connectivity index (χ0n) is 14.1. The molecule has 0 radical (unpaired) electrons. The lowest BCUT2D eigenvalue weighted by atomic mass is 10.1. The monoisotopic (exact) mass is 421 g/mol. The summed E-state index contributed by atoms with van der Waals surface area (Å²) in [6.07, 6.45) is 1.89. The van der Waals surface area contributed by atoms with Crippen molar-refractivity contribution in [1.82, 2.24) is 10.6 Å². The summed E-state index contributed by atoms with van der Waals surface area (Å²) in [6, 6.07) is 6.24. The van der Waals surface area contributed by atoms with Crippen molar-refractivity contribution in [2.45, 2.75) is 32.7 Å². The summed E-state index contributed by atoms with van der Waals surface area (Å²) < 4.78 is 10.6. The molecule has 2 N–H and O–H groups in total. The van der Waals surface area contributed by atoms with Crippen molar-refractivity contribution in [2.75, 3.05) is 27.8 Å². The Bertz CT molecular complexity index is 467. The molecule has 1 rings (SSSR count). The van der Waals surface area contributed by atoms with Crippen molar-refractivity contribution < 1.29 is 9.47 Å². The number of hydrogen-bond acceptors (Lipinski definition) is 3. The van der Waals surface area contributed by atoms with Crippen LogP contribution in [0, 0.1) is 0 Å². The number of aliphatic imine (C=N–C) groups is 1. The Hall–Kier alpha value is -1.18. The van der Waals surface area contributed by atoms with Crippen LogP contribution in [0.4, 0.5) is 0 Å². The Morgan fingerprint density at radius 1 is 1.27 bits per heavy atom. The van der Waals surface area contributed by atoms with Gasteiger partial charge in [0, 0.05) is 19.6 Å². The highest BCUT2D eigenvalue weighted by Gasteiger charge is 2.06. The number of nitrogens with zero attached hydrogens (tertiary/aromatic N) is 1. The molecule has 0 aliphatic carbocycles. The van der Waals surface area contributed by atoms with Gasteiger partial charge in [0.2, 0.25) is 0 Å². The number of rotatable bonds is 7. The summed E-state index contributed by atoms with van der Waals surface area (Å²) >= 11 is 0. The zero-order valence-corrected chi connectivity index (χ0v) is 16.4. The van der Waals surface area contributed by atoms with Gasteiger partial charge in [0.15, 0.2) is 5.96 Å². The fourth-order valence-electron chi connectivity index (χ4n) is 1.92. The summed E-state index contributed by atoms with van der Waals surface area (Å²) in [5.74, 6) is 2.54. The molecule has 126 valence electrons. The first-order valence-corrected chi connectivity index (χ1v) is 7.32. The predicted octanol–water partition coefficient (Wildman–Crippen LogP) is 2.83. The minimum Gasteiger partial charge on any atom is -0.497 e. The van der Waals surface area contributed by atoms with Gasteiger partial charge in [-0.3, -0.25) is 4.99 Å². The van der Waals surface area contributed by atoms with Crippen molar-refractivity contribution in [3.8, 4) is 11.5 Å². The number of methoxy groups -OCH3 is 2. The van der Waals surface area contributed by atoms with E-state index in [1.54, 1.807) is 21.3 Å². The SMILES string of the molecule is CCC(C)NC(=NC)NCCc1cc(OC)ccc1OC.I. The van der Waals surface area contributed by atoms with Crippen LogP contribution in [0.5, 0.6) is 11.5 Å². The highest BCUT2D eigenvalue weighted by atomic mass is 127. The highest BCUT2D eigenvalue weighted by molar-refractivity contribution is 14.0. The Kier molecular flexibility index (Phi) is 10.8. The molecule has 0 aromatic heterocycles. The van der Waals surface area contributed by atoms with Gasteiger partial charge in [0.25, 0.3) is 0 Å². The van der Waals surface area contributed by atoms with Gasteiger partial charge in [-0.15, -0.1) is 24.0 Å². The number of hydrogen-bond donors (Lipinski definition) is 2. The van der Waals surface area contributed by atoms with Crippen molar-refractivity contribution >= 4 is 29.9 Å². The van der Waals surface area contributed by atoms with E-state index < -0.39 is 0 Å². The molecular formula is C16H28IN3O2. The summed E-state index contributed by atoms with van der Waals surface area (Å²) in [5, 5.41) is 6.65. The molecule has 0 amide bonds.